The van der Waals surface area contributed by atoms with Gasteiger partial charge in [0.25, 0.3) is 0 Å². The van der Waals surface area contributed by atoms with Crippen molar-refractivity contribution in [3.8, 4) is 0 Å². The average molecular weight is 587 g/mol. The smallest absolute Gasteiger partial charge is 0.0353 e. The van der Waals surface area contributed by atoms with Gasteiger partial charge in [0, 0.05) is 0 Å². The van der Waals surface area contributed by atoms with Crippen molar-refractivity contribution in [2.24, 2.45) is 11.8 Å². The molecule has 0 saturated carbocycles. The van der Waals surface area contributed by atoms with Crippen LogP contribution in [0.4, 0.5) is 0 Å². The van der Waals surface area contributed by atoms with Gasteiger partial charge < -0.3 is 0 Å². The van der Waals surface area contributed by atoms with Crippen molar-refractivity contribution in [1.29, 1.82) is 0 Å². The first-order chi connectivity index (χ1) is 20.7. The molecule has 0 aliphatic heterocycles. The Hall–Kier alpha value is -0.520. The van der Waals surface area contributed by atoms with Crippen LogP contribution in [-0.4, -0.2) is 0 Å². The summed E-state index contributed by atoms with van der Waals surface area (Å²) in [7, 11) is 0. The minimum atomic E-state index is 0.945. The van der Waals surface area contributed by atoms with E-state index in [1.54, 1.807) is 0 Å². The van der Waals surface area contributed by atoms with Gasteiger partial charge in [0.15, 0.2) is 0 Å². The molecular weight excluding hydrogens is 504 g/mol. The Morgan fingerprint density at radius 1 is 0.357 bits per heavy atom. The Balaban J connectivity index is 3.64. The van der Waals surface area contributed by atoms with E-state index in [1.807, 2.05) is 0 Å². The van der Waals surface area contributed by atoms with Crippen LogP contribution < -0.4 is 0 Å². The average Bonchev–Trinajstić information content (AvgIpc) is 3.00. The highest BCUT2D eigenvalue weighted by Gasteiger charge is 2.10. The Kier molecular flexibility index (Phi) is 36.2. The lowest BCUT2D eigenvalue weighted by Crippen LogP contribution is -2.02. The highest BCUT2D eigenvalue weighted by molar-refractivity contribution is 4.67. The zero-order chi connectivity index (χ0) is 30.6. The highest BCUT2D eigenvalue weighted by atomic mass is 14.2. The number of hydrogen-bond donors (Lipinski definition) is 0. The largest absolute Gasteiger partial charge is 0.103 e. The van der Waals surface area contributed by atoms with Crippen LogP contribution in [-0.2, 0) is 0 Å². The quantitative estimate of drug-likeness (QED) is 0.0501. The first-order valence-electron chi connectivity index (χ1n) is 20.0. The van der Waals surface area contributed by atoms with Gasteiger partial charge in [-0.05, 0) is 37.5 Å². The molecule has 0 aromatic carbocycles. The molecule has 0 aromatic rings. The van der Waals surface area contributed by atoms with Crippen LogP contribution in [0.2, 0.25) is 0 Å². The zero-order valence-electron chi connectivity index (χ0n) is 29.8. The lowest BCUT2D eigenvalue weighted by Gasteiger charge is -2.18. The third-order valence-corrected chi connectivity index (χ3v) is 9.90. The summed E-state index contributed by atoms with van der Waals surface area (Å²) >= 11 is 0. The van der Waals surface area contributed by atoms with Crippen molar-refractivity contribution in [3.63, 3.8) is 0 Å². The van der Waals surface area contributed by atoms with Crippen LogP contribution in [0, 0.1) is 11.8 Å². The van der Waals surface area contributed by atoms with Crippen molar-refractivity contribution in [2.45, 2.75) is 232 Å². The second kappa shape index (κ2) is 36.7. The first kappa shape index (κ1) is 41.5. The molecule has 0 spiro atoms. The molecule has 250 valence electrons. The minimum absolute atomic E-state index is 0.945. The van der Waals surface area contributed by atoms with Crippen LogP contribution >= 0.6 is 0 Å². The van der Waals surface area contributed by atoms with E-state index in [9.17, 15) is 0 Å². The lowest BCUT2D eigenvalue weighted by atomic mass is 9.88. The second-order valence-electron chi connectivity index (χ2n) is 14.3. The molecule has 0 N–H and O–H groups in total. The lowest BCUT2D eigenvalue weighted by molar-refractivity contribution is 0.357. The Morgan fingerprint density at radius 3 is 0.952 bits per heavy atom. The van der Waals surface area contributed by atoms with E-state index >= 15 is 0 Å². The second-order valence-corrected chi connectivity index (χ2v) is 14.3. The van der Waals surface area contributed by atoms with Crippen molar-refractivity contribution < 1.29 is 0 Å². The molecule has 0 aliphatic carbocycles. The van der Waals surface area contributed by atoms with Crippen LogP contribution in [0.1, 0.15) is 232 Å². The first-order valence-corrected chi connectivity index (χ1v) is 20.0. The van der Waals surface area contributed by atoms with E-state index in [0.29, 0.717) is 0 Å². The molecule has 0 nitrogen and oxygen atoms in total. The fraction of sp³-hybridized carbons (Fsp3) is 0.905. The highest BCUT2D eigenvalue weighted by Crippen LogP contribution is 2.26. The van der Waals surface area contributed by atoms with Gasteiger partial charge in [-0.25, -0.2) is 0 Å². The van der Waals surface area contributed by atoms with Crippen molar-refractivity contribution in [2.75, 3.05) is 0 Å². The fourth-order valence-corrected chi connectivity index (χ4v) is 6.86. The van der Waals surface area contributed by atoms with Crippen LogP contribution in [0.25, 0.3) is 0 Å². The molecule has 0 heteroatoms. The zero-order valence-corrected chi connectivity index (χ0v) is 29.8. The van der Waals surface area contributed by atoms with Crippen molar-refractivity contribution in [1.82, 2.24) is 0 Å². The number of hydrogen-bond acceptors (Lipinski definition) is 0. The third-order valence-electron chi connectivity index (χ3n) is 9.90. The molecule has 0 rings (SSSR count). The minimum Gasteiger partial charge on any atom is -0.103 e. The molecule has 42 heavy (non-hydrogen) atoms. The van der Waals surface area contributed by atoms with Gasteiger partial charge in [-0.2, -0.15) is 0 Å². The SMILES string of the molecule is C=CCCCCCCCCCCCCCCCCCCCCCC(CCCCCCC=C)CCCCC(C)CCCC. The molecular formula is C42H82. The molecule has 2 unspecified atom stereocenters. The van der Waals surface area contributed by atoms with Crippen LogP contribution in [0.5, 0.6) is 0 Å². The molecule has 0 aromatic heterocycles. The summed E-state index contributed by atoms with van der Waals surface area (Å²) in [5.41, 5.74) is 0. The van der Waals surface area contributed by atoms with Gasteiger partial charge in [0.2, 0.25) is 0 Å². The maximum atomic E-state index is 3.88. The summed E-state index contributed by atoms with van der Waals surface area (Å²) in [6.45, 7) is 12.5. The van der Waals surface area contributed by atoms with Gasteiger partial charge in [-0.1, -0.05) is 219 Å². The normalized spacial score (nSPS) is 12.9. The predicted octanol–water partition coefficient (Wildman–Crippen LogP) is 15.9. The topological polar surface area (TPSA) is 0 Å². The summed E-state index contributed by atoms with van der Waals surface area (Å²) in [4.78, 5) is 0. The predicted molar refractivity (Wildman–Crippen MR) is 196 cm³/mol. The van der Waals surface area contributed by atoms with Gasteiger partial charge in [0.1, 0.15) is 0 Å². The van der Waals surface area contributed by atoms with Crippen LogP contribution in [0.3, 0.4) is 0 Å². The van der Waals surface area contributed by atoms with Gasteiger partial charge >= 0.3 is 0 Å². The summed E-state index contributed by atoms with van der Waals surface area (Å²) < 4.78 is 0. The molecule has 0 aliphatic rings. The Labute approximate surface area is 268 Å². The molecule has 0 amide bonds. The van der Waals surface area contributed by atoms with Gasteiger partial charge in [-0.3, -0.25) is 0 Å². The fourth-order valence-electron chi connectivity index (χ4n) is 6.86. The van der Waals surface area contributed by atoms with Crippen molar-refractivity contribution >= 4 is 0 Å². The molecule has 0 bridgehead atoms. The maximum Gasteiger partial charge on any atom is -0.0353 e. The third kappa shape index (κ3) is 34.0. The summed E-state index contributed by atoms with van der Waals surface area (Å²) in [5, 5.41) is 0. The summed E-state index contributed by atoms with van der Waals surface area (Å²) in [6, 6.07) is 0. The standard InChI is InChI=1S/C42H82/c1-5-8-11-13-15-16-17-18-19-20-21-22-23-24-25-26-27-28-29-31-33-39-42(38-32-30-14-12-9-6-2)40-35-34-37-41(4)36-10-7-3/h5-6,41-42H,1-2,7-40H2,3-4H3. The number of allylic oxidation sites excluding steroid dienone is 2. The number of unbranched alkanes of at least 4 members (excludes halogenated alkanes) is 25. The molecule has 0 heterocycles. The van der Waals surface area contributed by atoms with E-state index < -0.39 is 0 Å². The monoisotopic (exact) mass is 587 g/mol. The van der Waals surface area contributed by atoms with Gasteiger partial charge in [-0.15, -0.1) is 13.2 Å². The van der Waals surface area contributed by atoms with Gasteiger partial charge in [0.05, 0.1) is 0 Å². The van der Waals surface area contributed by atoms with E-state index in [2.05, 4.69) is 39.2 Å². The maximum absolute atomic E-state index is 3.88. The van der Waals surface area contributed by atoms with Crippen LogP contribution in [0.15, 0.2) is 25.3 Å². The molecule has 0 radical (unpaired) electrons. The molecule has 0 saturated heterocycles. The van der Waals surface area contributed by atoms with E-state index in [0.717, 1.165) is 11.8 Å². The Bertz CT molecular complexity index is 504. The molecule has 0 fully saturated rings. The number of rotatable bonds is 37. The van der Waals surface area contributed by atoms with Crippen molar-refractivity contribution in [3.05, 3.63) is 25.3 Å². The van der Waals surface area contributed by atoms with E-state index in [1.165, 1.54) is 218 Å². The Morgan fingerprint density at radius 2 is 0.619 bits per heavy atom. The van der Waals surface area contributed by atoms with E-state index in [-0.39, 0.29) is 0 Å². The van der Waals surface area contributed by atoms with E-state index in [4.69, 9.17) is 0 Å². The summed E-state index contributed by atoms with van der Waals surface area (Å²) in [6.07, 6.45) is 53.2. The molecule has 2 atom stereocenters. The summed E-state index contributed by atoms with van der Waals surface area (Å²) in [5.74, 6) is 1.95.